The molecule has 1 aliphatic heterocycles. The Balaban J connectivity index is 0.00000289. The van der Waals surface area contributed by atoms with Gasteiger partial charge in [-0.15, -0.1) is 0 Å². The summed E-state index contributed by atoms with van der Waals surface area (Å²) in [4.78, 5) is 24.0. The Morgan fingerprint density at radius 2 is 1.49 bits per heavy atom. The Kier molecular flexibility index (Phi) is 7.40. The average molecular weight is 492 g/mol. The molecule has 0 radical (unpaired) electrons. The van der Waals surface area contributed by atoms with Gasteiger partial charge in [0.2, 0.25) is 0 Å². The van der Waals surface area contributed by atoms with Crippen molar-refractivity contribution in [2.45, 2.75) is 117 Å². The molecule has 0 bridgehead atoms. The van der Waals surface area contributed by atoms with Crippen molar-refractivity contribution in [2.75, 3.05) is 20.1 Å². The van der Waals surface area contributed by atoms with Crippen molar-refractivity contribution in [1.82, 2.24) is 0 Å². The lowest BCUT2D eigenvalue weighted by atomic mass is 9.44. The fraction of sp³-hybridized carbons (Fsp3) is 0.931. The topological polar surface area (TPSA) is 82.6 Å². The number of ether oxygens (including phenoxy) is 2. The van der Waals surface area contributed by atoms with Gasteiger partial charge in [-0.1, -0.05) is 13.8 Å². The summed E-state index contributed by atoms with van der Waals surface area (Å²) in [5.74, 6) is 2.58. The standard InChI is InChI=1S/C29H48NO4.H2O/c1-19(31)33-26-18-29(4)21(17-25(26)30(5)15-7-6-8-16-30)9-10-22-23-11-12-27(34-20(2)32)28(23,3)14-13-24(22)29;/h21-27H,6-18H2,1-5H3;1H2/q+1;/p-1/t21-,22?,23?,24?,25-,26-,27-,28-,29-;/m0./s1. The molecule has 0 spiro atoms. The first kappa shape index (κ1) is 26.9. The summed E-state index contributed by atoms with van der Waals surface area (Å²) in [5, 5.41) is 0. The molecule has 9 atom stereocenters. The molecule has 6 nitrogen and oxygen atoms in total. The molecular weight excluding hydrogens is 442 g/mol. The number of carbonyl (C=O) groups excluding carboxylic acids is 2. The number of likely N-dealkylation sites (tertiary alicyclic amines) is 1. The van der Waals surface area contributed by atoms with E-state index in [0.717, 1.165) is 35.6 Å². The first-order valence-corrected chi connectivity index (χ1v) is 14.3. The number of likely N-dealkylation sites (N-methyl/N-ethyl adjacent to an activating group) is 1. The van der Waals surface area contributed by atoms with E-state index in [9.17, 15) is 9.59 Å². The van der Waals surface area contributed by atoms with E-state index in [0.29, 0.717) is 17.9 Å². The van der Waals surface area contributed by atoms with Gasteiger partial charge in [0, 0.05) is 25.7 Å². The number of carbonyl (C=O) groups is 2. The first-order valence-electron chi connectivity index (χ1n) is 14.3. The first-order chi connectivity index (χ1) is 16.1. The second-order valence-corrected chi connectivity index (χ2v) is 13.5. The maximum Gasteiger partial charge on any atom is 0.303 e. The van der Waals surface area contributed by atoms with Crippen LogP contribution in [0.2, 0.25) is 0 Å². The largest absolute Gasteiger partial charge is 0.870 e. The third-order valence-electron chi connectivity index (χ3n) is 11.8. The van der Waals surface area contributed by atoms with Gasteiger partial charge in [-0.3, -0.25) is 9.59 Å². The zero-order chi connectivity index (χ0) is 24.3. The molecule has 0 aromatic rings. The van der Waals surface area contributed by atoms with E-state index in [1.54, 1.807) is 13.8 Å². The zero-order valence-corrected chi connectivity index (χ0v) is 22.8. The number of esters is 2. The van der Waals surface area contributed by atoms with Crippen molar-refractivity contribution in [3.8, 4) is 0 Å². The summed E-state index contributed by atoms with van der Waals surface area (Å²) < 4.78 is 13.1. The molecule has 0 aromatic heterocycles. The van der Waals surface area contributed by atoms with E-state index in [4.69, 9.17) is 9.47 Å². The average Bonchev–Trinajstić information content (AvgIpc) is 3.08. The van der Waals surface area contributed by atoms with Gasteiger partial charge in [0.15, 0.2) is 6.10 Å². The van der Waals surface area contributed by atoms with Gasteiger partial charge in [-0.05, 0) is 93.3 Å². The van der Waals surface area contributed by atoms with Crippen molar-refractivity contribution in [1.29, 1.82) is 0 Å². The smallest absolute Gasteiger partial charge is 0.303 e. The summed E-state index contributed by atoms with van der Waals surface area (Å²) in [6.07, 6.45) is 13.6. The van der Waals surface area contributed by atoms with Crippen LogP contribution in [0.25, 0.3) is 0 Å². The molecule has 5 rings (SSSR count). The van der Waals surface area contributed by atoms with Crippen molar-refractivity contribution in [2.24, 2.45) is 34.5 Å². The van der Waals surface area contributed by atoms with Crippen LogP contribution in [0, 0.1) is 34.5 Å². The Bertz CT molecular complexity index is 809. The number of hydrogen-bond donors (Lipinski definition) is 0. The minimum atomic E-state index is -0.124. The Morgan fingerprint density at radius 3 is 2.14 bits per heavy atom. The van der Waals surface area contributed by atoms with E-state index < -0.39 is 0 Å². The molecule has 5 fully saturated rings. The van der Waals surface area contributed by atoms with Crippen LogP contribution in [0.4, 0.5) is 0 Å². The molecule has 1 saturated heterocycles. The van der Waals surface area contributed by atoms with E-state index in [1.807, 2.05) is 0 Å². The molecule has 0 aromatic carbocycles. The molecular formula is C29H49NO5. The maximum absolute atomic E-state index is 12.2. The summed E-state index contributed by atoms with van der Waals surface area (Å²) in [6.45, 7) is 10.6. The second kappa shape index (κ2) is 9.63. The zero-order valence-electron chi connectivity index (χ0n) is 22.8. The molecule has 6 heteroatoms. The van der Waals surface area contributed by atoms with Crippen LogP contribution in [0.3, 0.4) is 0 Å². The molecule has 1 N–H and O–H groups in total. The van der Waals surface area contributed by atoms with Gasteiger partial charge in [-0.2, -0.15) is 0 Å². The van der Waals surface area contributed by atoms with Gasteiger partial charge in [0.05, 0.1) is 20.1 Å². The quantitative estimate of drug-likeness (QED) is 0.394. The minimum absolute atomic E-state index is 0. The van der Waals surface area contributed by atoms with Crippen molar-refractivity contribution < 1.29 is 29.0 Å². The lowest BCUT2D eigenvalue weighted by Gasteiger charge is -2.63. The molecule has 5 aliphatic rings. The van der Waals surface area contributed by atoms with Crippen LogP contribution in [-0.2, 0) is 19.1 Å². The van der Waals surface area contributed by atoms with Gasteiger partial charge < -0.3 is 19.4 Å². The van der Waals surface area contributed by atoms with Gasteiger partial charge in [0.25, 0.3) is 0 Å². The van der Waals surface area contributed by atoms with Crippen molar-refractivity contribution in [3.05, 3.63) is 0 Å². The highest BCUT2D eigenvalue weighted by molar-refractivity contribution is 5.66. The van der Waals surface area contributed by atoms with Crippen LogP contribution in [-0.4, -0.2) is 60.3 Å². The number of nitrogens with zero attached hydrogens (tertiary/aromatic N) is 1. The fourth-order valence-electron chi connectivity index (χ4n) is 10.2. The summed E-state index contributed by atoms with van der Waals surface area (Å²) >= 11 is 0. The number of rotatable bonds is 3. The van der Waals surface area contributed by atoms with Crippen LogP contribution in [0.15, 0.2) is 0 Å². The number of quaternary nitrogens is 1. The van der Waals surface area contributed by atoms with Crippen molar-refractivity contribution >= 4 is 11.9 Å². The maximum atomic E-state index is 12.2. The minimum Gasteiger partial charge on any atom is -0.870 e. The fourth-order valence-corrected chi connectivity index (χ4v) is 10.2. The van der Waals surface area contributed by atoms with Crippen LogP contribution >= 0.6 is 0 Å². The predicted molar refractivity (Wildman–Crippen MR) is 134 cm³/mol. The summed E-state index contributed by atoms with van der Waals surface area (Å²) in [7, 11) is 2.44. The number of piperidine rings is 1. The van der Waals surface area contributed by atoms with E-state index in [2.05, 4.69) is 20.9 Å². The molecule has 1 heterocycles. The second-order valence-electron chi connectivity index (χ2n) is 13.5. The highest BCUT2D eigenvalue weighted by Crippen LogP contribution is 2.67. The third-order valence-corrected chi connectivity index (χ3v) is 11.8. The SMILES string of the molecule is CC(=O)O[C@H]1C[C@]2(C)C3CC[C@@]4(C)C(CC[C@@H]4OC(C)=O)C3CC[C@H]2C[C@@H]1[N+]1(C)CCCCC1.[OH-]. The van der Waals surface area contributed by atoms with Crippen LogP contribution in [0.1, 0.15) is 98.3 Å². The highest BCUT2D eigenvalue weighted by Gasteiger charge is 2.63. The Labute approximate surface area is 212 Å². The highest BCUT2D eigenvalue weighted by atomic mass is 16.5. The predicted octanol–water partition coefficient (Wildman–Crippen LogP) is 5.32. The molecule has 0 amide bonds. The molecule has 4 saturated carbocycles. The normalized spacial score (nSPS) is 46.3. The molecule has 35 heavy (non-hydrogen) atoms. The third kappa shape index (κ3) is 4.45. The number of fused-ring (bicyclic) bond motifs is 5. The summed E-state index contributed by atoms with van der Waals surface area (Å²) in [6, 6.07) is 0.451. The lowest BCUT2D eigenvalue weighted by molar-refractivity contribution is -0.942. The molecule has 3 unspecified atom stereocenters. The van der Waals surface area contributed by atoms with Crippen molar-refractivity contribution in [3.63, 3.8) is 0 Å². The van der Waals surface area contributed by atoms with Gasteiger partial charge >= 0.3 is 11.9 Å². The van der Waals surface area contributed by atoms with Crippen LogP contribution < -0.4 is 0 Å². The monoisotopic (exact) mass is 491 g/mol. The Hall–Kier alpha value is -1.14. The van der Waals surface area contributed by atoms with Gasteiger partial charge in [-0.25, -0.2) is 0 Å². The van der Waals surface area contributed by atoms with E-state index in [-0.39, 0.29) is 40.5 Å². The molecule has 200 valence electrons. The summed E-state index contributed by atoms with van der Waals surface area (Å²) in [5.41, 5.74) is 0.379. The number of hydrogen-bond acceptors (Lipinski definition) is 5. The molecule has 4 aliphatic carbocycles. The van der Waals surface area contributed by atoms with E-state index >= 15 is 0 Å². The lowest BCUT2D eigenvalue weighted by Crippen LogP contribution is -2.66. The van der Waals surface area contributed by atoms with E-state index in [1.165, 1.54) is 64.5 Å². The Morgan fingerprint density at radius 1 is 0.829 bits per heavy atom. The van der Waals surface area contributed by atoms with Crippen LogP contribution in [0.5, 0.6) is 0 Å². The van der Waals surface area contributed by atoms with Gasteiger partial charge in [0.1, 0.15) is 12.1 Å².